The molecule has 2 aromatic rings. The van der Waals surface area contributed by atoms with Crippen molar-refractivity contribution in [1.82, 2.24) is 19.7 Å². The number of amides is 1. The average molecular weight is 344 g/mol. The molecule has 134 valence electrons. The number of aryl methyl sites for hydroxylation is 1. The maximum absolute atomic E-state index is 12.4. The molecule has 0 N–H and O–H groups in total. The van der Waals surface area contributed by atoms with Gasteiger partial charge in [0.1, 0.15) is 12.2 Å². The van der Waals surface area contributed by atoms with Gasteiger partial charge >= 0.3 is 0 Å². The van der Waals surface area contributed by atoms with Crippen molar-refractivity contribution >= 4 is 5.91 Å². The predicted molar refractivity (Wildman–Crippen MR) is 92.7 cm³/mol. The molecule has 0 saturated carbocycles. The Kier molecular flexibility index (Phi) is 5.53. The smallest absolute Gasteiger partial charge is 0.260 e. The quantitative estimate of drug-likeness (QED) is 0.802. The predicted octanol–water partition coefficient (Wildman–Crippen LogP) is 2.09. The summed E-state index contributed by atoms with van der Waals surface area (Å²) in [5.41, 5.74) is 0. The minimum Gasteiger partial charge on any atom is -0.493 e. The third kappa shape index (κ3) is 3.92. The van der Waals surface area contributed by atoms with E-state index in [4.69, 9.17) is 9.47 Å². The molecule has 0 aliphatic carbocycles. The van der Waals surface area contributed by atoms with Crippen LogP contribution in [0.5, 0.6) is 11.5 Å². The summed E-state index contributed by atoms with van der Waals surface area (Å²) in [5, 5.41) is 8.25. The first-order valence-corrected chi connectivity index (χ1v) is 8.64. The fourth-order valence-corrected chi connectivity index (χ4v) is 3.18. The number of benzene rings is 1. The summed E-state index contributed by atoms with van der Waals surface area (Å²) in [7, 11) is 1.59. The monoisotopic (exact) mass is 344 g/mol. The van der Waals surface area contributed by atoms with E-state index in [2.05, 4.69) is 21.7 Å². The SMILES string of the molecule is CCn1cnnc1C1CCN(C(=O)COc2ccccc2OC)CC1. The van der Waals surface area contributed by atoms with Crippen molar-refractivity contribution in [2.75, 3.05) is 26.8 Å². The summed E-state index contributed by atoms with van der Waals surface area (Å²) in [5.74, 6) is 2.61. The summed E-state index contributed by atoms with van der Waals surface area (Å²) in [6.07, 6.45) is 3.58. The van der Waals surface area contributed by atoms with Gasteiger partial charge < -0.3 is 18.9 Å². The molecule has 1 amide bonds. The first-order valence-electron chi connectivity index (χ1n) is 8.64. The van der Waals surface area contributed by atoms with Crippen molar-refractivity contribution in [2.45, 2.75) is 32.2 Å². The number of aromatic nitrogens is 3. The van der Waals surface area contributed by atoms with Crippen LogP contribution in [0.2, 0.25) is 0 Å². The van der Waals surface area contributed by atoms with Crippen molar-refractivity contribution < 1.29 is 14.3 Å². The lowest BCUT2D eigenvalue weighted by Crippen LogP contribution is -2.40. The fourth-order valence-electron chi connectivity index (χ4n) is 3.18. The van der Waals surface area contributed by atoms with Crippen molar-refractivity contribution in [3.05, 3.63) is 36.4 Å². The maximum atomic E-state index is 12.4. The van der Waals surface area contributed by atoms with Gasteiger partial charge in [-0.25, -0.2) is 0 Å². The van der Waals surface area contributed by atoms with Crippen LogP contribution in [0, 0.1) is 0 Å². The van der Waals surface area contributed by atoms with E-state index in [0.717, 1.165) is 38.3 Å². The zero-order chi connectivity index (χ0) is 17.6. The highest BCUT2D eigenvalue weighted by atomic mass is 16.5. The highest BCUT2D eigenvalue weighted by Gasteiger charge is 2.26. The normalized spacial score (nSPS) is 15.2. The fraction of sp³-hybridized carbons (Fsp3) is 0.500. The number of hydrogen-bond acceptors (Lipinski definition) is 5. The zero-order valence-corrected chi connectivity index (χ0v) is 14.7. The van der Waals surface area contributed by atoms with Gasteiger partial charge in [0.2, 0.25) is 0 Å². The van der Waals surface area contributed by atoms with Gasteiger partial charge in [-0.2, -0.15) is 0 Å². The van der Waals surface area contributed by atoms with Crippen LogP contribution in [-0.2, 0) is 11.3 Å². The van der Waals surface area contributed by atoms with Crippen molar-refractivity contribution in [3.63, 3.8) is 0 Å². The van der Waals surface area contributed by atoms with E-state index >= 15 is 0 Å². The Balaban J connectivity index is 1.52. The first-order chi connectivity index (χ1) is 12.2. The number of methoxy groups -OCH3 is 1. The number of hydrogen-bond donors (Lipinski definition) is 0. The van der Waals surface area contributed by atoms with Crippen LogP contribution in [0.3, 0.4) is 0 Å². The van der Waals surface area contributed by atoms with Crippen LogP contribution in [0.15, 0.2) is 30.6 Å². The minimum absolute atomic E-state index is 0.00122. The maximum Gasteiger partial charge on any atom is 0.260 e. The summed E-state index contributed by atoms with van der Waals surface area (Å²) < 4.78 is 12.9. The van der Waals surface area contributed by atoms with Crippen molar-refractivity contribution in [3.8, 4) is 11.5 Å². The first kappa shape index (κ1) is 17.3. The molecule has 7 nitrogen and oxygen atoms in total. The Labute approximate surface area is 147 Å². The van der Waals surface area contributed by atoms with Gasteiger partial charge in [-0.05, 0) is 31.9 Å². The average Bonchev–Trinajstić information content (AvgIpc) is 3.15. The second kappa shape index (κ2) is 8.00. The molecule has 0 spiro atoms. The molecule has 1 aliphatic rings. The molecule has 2 heterocycles. The molecule has 3 rings (SSSR count). The van der Waals surface area contributed by atoms with Gasteiger partial charge in [-0.1, -0.05) is 12.1 Å². The Morgan fingerprint density at radius 3 is 2.64 bits per heavy atom. The van der Waals surface area contributed by atoms with Gasteiger partial charge in [0, 0.05) is 25.6 Å². The molecule has 25 heavy (non-hydrogen) atoms. The van der Waals surface area contributed by atoms with E-state index in [1.54, 1.807) is 19.5 Å². The Morgan fingerprint density at radius 1 is 1.24 bits per heavy atom. The lowest BCUT2D eigenvalue weighted by Gasteiger charge is -2.31. The summed E-state index contributed by atoms with van der Waals surface area (Å²) in [4.78, 5) is 14.3. The van der Waals surface area contributed by atoms with E-state index in [-0.39, 0.29) is 12.5 Å². The number of carbonyl (C=O) groups is 1. The molecule has 1 aromatic heterocycles. The van der Waals surface area contributed by atoms with E-state index in [1.165, 1.54) is 0 Å². The van der Waals surface area contributed by atoms with Crippen molar-refractivity contribution in [1.29, 1.82) is 0 Å². The Hall–Kier alpha value is -2.57. The number of piperidine rings is 1. The molecular weight excluding hydrogens is 320 g/mol. The Morgan fingerprint density at radius 2 is 1.96 bits per heavy atom. The summed E-state index contributed by atoms with van der Waals surface area (Å²) in [6, 6.07) is 7.34. The highest BCUT2D eigenvalue weighted by Crippen LogP contribution is 2.28. The van der Waals surface area contributed by atoms with Gasteiger partial charge in [0.05, 0.1) is 7.11 Å². The molecule has 1 saturated heterocycles. The van der Waals surface area contributed by atoms with E-state index < -0.39 is 0 Å². The number of carbonyl (C=O) groups excluding carboxylic acids is 1. The van der Waals surface area contributed by atoms with Crippen LogP contribution in [-0.4, -0.2) is 52.4 Å². The largest absolute Gasteiger partial charge is 0.493 e. The van der Waals surface area contributed by atoms with Gasteiger partial charge in [-0.3, -0.25) is 4.79 Å². The molecule has 0 radical (unpaired) electrons. The molecule has 1 fully saturated rings. The third-order valence-corrected chi connectivity index (χ3v) is 4.62. The number of para-hydroxylation sites is 2. The van der Waals surface area contributed by atoms with E-state index in [0.29, 0.717) is 17.4 Å². The van der Waals surface area contributed by atoms with Crippen molar-refractivity contribution in [2.24, 2.45) is 0 Å². The van der Waals surface area contributed by atoms with E-state index in [9.17, 15) is 4.79 Å². The van der Waals surface area contributed by atoms with Crippen LogP contribution < -0.4 is 9.47 Å². The molecule has 0 bridgehead atoms. The topological polar surface area (TPSA) is 69.5 Å². The number of rotatable bonds is 6. The van der Waals surface area contributed by atoms with Gasteiger partial charge in [0.15, 0.2) is 18.1 Å². The molecule has 0 atom stereocenters. The van der Waals surface area contributed by atoms with Crippen LogP contribution in [0.25, 0.3) is 0 Å². The molecule has 1 aliphatic heterocycles. The lowest BCUT2D eigenvalue weighted by molar-refractivity contribution is -0.134. The molecular formula is C18H24N4O3. The number of ether oxygens (including phenoxy) is 2. The van der Waals surface area contributed by atoms with Gasteiger partial charge in [0.25, 0.3) is 5.91 Å². The van der Waals surface area contributed by atoms with Gasteiger partial charge in [-0.15, -0.1) is 10.2 Å². The highest BCUT2D eigenvalue weighted by molar-refractivity contribution is 5.78. The standard InChI is InChI=1S/C18H24N4O3/c1-3-21-13-19-20-18(21)14-8-10-22(11-9-14)17(23)12-25-16-7-5-4-6-15(16)24-2/h4-7,13-14H,3,8-12H2,1-2H3. The van der Waals surface area contributed by atoms with E-state index in [1.807, 2.05) is 23.1 Å². The number of likely N-dealkylation sites (tertiary alicyclic amines) is 1. The molecule has 0 unspecified atom stereocenters. The summed E-state index contributed by atoms with van der Waals surface area (Å²) >= 11 is 0. The summed E-state index contributed by atoms with van der Waals surface area (Å²) in [6.45, 7) is 4.41. The Bertz CT molecular complexity index is 708. The molecule has 1 aromatic carbocycles. The zero-order valence-electron chi connectivity index (χ0n) is 14.7. The third-order valence-electron chi connectivity index (χ3n) is 4.62. The van der Waals surface area contributed by atoms with Crippen LogP contribution >= 0.6 is 0 Å². The van der Waals surface area contributed by atoms with Crippen LogP contribution in [0.4, 0.5) is 0 Å². The molecule has 7 heteroatoms. The second-order valence-electron chi connectivity index (χ2n) is 6.07. The number of nitrogens with zero attached hydrogens (tertiary/aromatic N) is 4. The lowest BCUT2D eigenvalue weighted by atomic mass is 9.96. The second-order valence-corrected chi connectivity index (χ2v) is 6.07. The minimum atomic E-state index is 0.00122. The van der Waals surface area contributed by atoms with Crippen LogP contribution in [0.1, 0.15) is 31.5 Å².